The van der Waals surface area contributed by atoms with E-state index in [9.17, 15) is 13.2 Å². The normalized spacial score (nSPS) is 16.2. The third kappa shape index (κ3) is 5.51. The van der Waals surface area contributed by atoms with Crippen molar-refractivity contribution < 1.29 is 22.7 Å². The summed E-state index contributed by atoms with van der Waals surface area (Å²) in [6.45, 7) is 3.32. The third-order valence-electron chi connectivity index (χ3n) is 4.47. The molecule has 1 saturated heterocycles. The number of methoxy groups -OCH3 is 1. The summed E-state index contributed by atoms with van der Waals surface area (Å²) in [6.07, 6.45) is 0. The van der Waals surface area contributed by atoms with E-state index in [0.717, 1.165) is 10.6 Å². The number of anilines is 1. The van der Waals surface area contributed by atoms with Gasteiger partial charge in [0.2, 0.25) is 15.9 Å². The van der Waals surface area contributed by atoms with Gasteiger partial charge in [-0.1, -0.05) is 0 Å². The van der Waals surface area contributed by atoms with Crippen LogP contribution in [-0.2, 0) is 19.6 Å². The number of nitrogens with one attached hydrogen (secondary N) is 1. The summed E-state index contributed by atoms with van der Waals surface area (Å²) in [7, 11) is -1.94. The average molecular weight is 437 g/mol. The van der Waals surface area contributed by atoms with Crippen LogP contribution in [0, 0.1) is 0 Å². The molecular formula is C20H24N2O5S2. The van der Waals surface area contributed by atoms with Crippen molar-refractivity contribution in [2.75, 3.05) is 38.7 Å². The minimum atomic E-state index is -3.54. The van der Waals surface area contributed by atoms with E-state index in [1.165, 1.54) is 28.2 Å². The number of carbonyl (C=O) groups is 1. The molecule has 1 fully saturated rings. The summed E-state index contributed by atoms with van der Waals surface area (Å²) in [5, 5.41) is 2.51. The lowest BCUT2D eigenvalue weighted by Crippen LogP contribution is -2.40. The maximum atomic E-state index is 12.6. The summed E-state index contributed by atoms with van der Waals surface area (Å²) in [5.41, 5.74) is 0.554. The quantitative estimate of drug-likeness (QED) is 0.672. The molecule has 1 N–H and O–H groups in total. The zero-order valence-electron chi connectivity index (χ0n) is 16.3. The highest BCUT2D eigenvalue weighted by molar-refractivity contribution is 8.00. The molecule has 0 spiro atoms. The largest absolute Gasteiger partial charge is 0.497 e. The zero-order chi connectivity index (χ0) is 20.9. The number of sulfonamides is 1. The number of benzene rings is 2. The molecule has 0 radical (unpaired) electrons. The lowest BCUT2D eigenvalue weighted by molar-refractivity contribution is -0.115. The number of thioether (sulfide) groups is 1. The Morgan fingerprint density at radius 2 is 1.72 bits per heavy atom. The second-order valence-corrected chi connectivity index (χ2v) is 9.82. The Labute approximate surface area is 175 Å². The first kappa shape index (κ1) is 21.6. The molecule has 156 valence electrons. The molecule has 1 atom stereocenters. The van der Waals surface area contributed by atoms with Gasteiger partial charge in [0.05, 0.1) is 30.5 Å². The van der Waals surface area contributed by atoms with Gasteiger partial charge in [-0.15, -0.1) is 11.8 Å². The smallest absolute Gasteiger partial charge is 0.243 e. The van der Waals surface area contributed by atoms with Gasteiger partial charge in [-0.3, -0.25) is 4.79 Å². The molecule has 1 aliphatic rings. The van der Waals surface area contributed by atoms with Crippen LogP contribution in [0.5, 0.6) is 5.75 Å². The first-order valence-electron chi connectivity index (χ1n) is 9.19. The van der Waals surface area contributed by atoms with E-state index < -0.39 is 10.0 Å². The van der Waals surface area contributed by atoms with E-state index in [1.54, 1.807) is 19.2 Å². The highest BCUT2D eigenvalue weighted by atomic mass is 32.2. The fourth-order valence-electron chi connectivity index (χ4n) is 2.80. The number of amides is 1. The third-order valence-corrected chi connectivity index (χ3v) is 7.50. The standard InChI is InChI=1S/C20H24N2O5S2/c1-15(28-18-7-5-17(26-2)6-8-18)20(23)21-16-3-9-19(10-4-16)29(24,25)22-11-13-27-14-12-22/h3-10,15H,11-14H2,1-2H3,(H,21,23). The van der Waals surface area contributed by atoms with Gasteiger partial charge in [0.1, 0.15) is 5.75 Å². The highest BCUT2D eigenvalue weighted by Crippen LogP contribution is 2.26. The summed E-state index contributed by atoms with van der Waals surface area (Å²) in [4.78, 5) is 13.6. The second-order valence-electron chi connectivity index (χ2n) is 6.47. The Bertz CT molecular complexity index is 924. The predicted molar refractivity (Wildman–Crippen MR) is 113 cm³/mol. The minimum Gasteiger partial charge on any atom is -0.497 e. The number of morpholine rings is 1. The number of carbonyl (C=O) groups excluding carboxylic acids is 1. The van der Waals surface area contributed by atoms with Crippen LogP contribution in [0.25, 0.3) is 0 Å². The van der Waals surface area contributed by atoms with Gasteiger partial charge in [-0.2, -0.15) is 4.31 Å². The molecule has 0 aromatic heterocycles. The predicted octanol–water partition coefficient (Wildman–Crippen LogP) is 2.84. The van der Waals surface area contributed by atoms with E-state index >= 15 is 0 Å². The first-order valence-corrected chi connectivity index (χ1v) is 11.5. The molecule has 1 amide bonds. The zero-order valence-corrected chi connectivity index (χ0v) is 18.0. The summed E-state index contributed by atoms with van der Waals surface area (Å²) < 4.78 is 37.1. The van der Waals surface area contributed by atoms with E-state index in [0.29, 0.717) is 32.0 Å². The fourth-order valence-corrected chi connectivity index (χ4v) is 5.08. The Kier molecular flexibility index (Phi) is 7.18. The molecule has 7 nitrogen and oxygen atoms in total. The summed E-state index contributed by atoms with van der Waals surface area (Å²) in [5.74, 6) is 0.605. The van der Waals surface area contributed by atoms with E-state index in [2.05, 4.69) is 5.32 Å². The van der Waals surface area contributed by atoms with Crippen molar-refractivity contribution in [1.29, 1.82) is 0 Å². The van der Waals surface area contributed by atoms with Gasteiger partial charge < -0.3 is 14.8 Å². The van der Waals surface area contributed by atoms with Crippen molar-refractivity contribution in [3.63, 3.8) is 0 Å². The van der Waals surface area contributed by atoms with Gasteiger partial charge in [0.25, 0.3) is 0 Å². The van der Waals surface area contributed by atoms with Crippen LogP contribution in [0.1, 0.15) is 6.92 Å². The minimum absolute atomic E-state index is 0.158. The van der Waals surface area contributed by atoms with Crippen LogP contribution in [-0.4, -0.2) is 57.3 Å². The number of ether oxygens (including phenoxy) is 2. The van der Waals surface area contributed by atoms with Crippen molar-refractivity contribution >= 4 is 33.4 Å². The van der Waals surface area contributed by atoms with E-state index in [4.69, 9.17) is 9.47 Å². The van der Waals surface area contributed by atoms with Crippen LogP contribution >= 0.6 is 11.8 Å². The lowest BCUT2D eigenvalue weighted by Gasteiger charge is -2.26. The molecule has 0 saturated carbocycles. The molecule has 29 heavy (non-hydrogen) atoms. The van der Waals surface area contributed by atoms with Crippen LogP contribution in [0.4, 0.5) is 5.69 Å². The fraction of sp³-hybridized carbons (Fsp3) is 0.350. The monoisotopic (exact) mass is 436 g/mol. The van der Waals surface area contributed by atoms with Gasteiger partial charge in [-0.05, 0) is 55.5 Å². The highest BCUT2D eigenvalue weighted by Gasteiger charge is 2.26. The van der Waals surface area contributed by atoms with E-state index in [1.807, 2.05) is 31.2 Å². The van der Waals surface area contributed by atoms with Crippen LogP contribution in [0.15, 0.2) is 58.3 Å². The van der Waals surface area contributed by atoms with Crippen molar-refractivity contribution in [1.82, 2.24) is 4.31 Å². The SMILES string of the molecule is COc1ccc(SC(C)C(=O)Nc2ccc(S(=O)(=O)N3CCOCC3)cc2)cc1. The van der Waals surface area contributed by atoms with Gasteiger partial charge in [0, 0.05) is 23.7 Å². The number of hydrogen-bond donors (Lipinski definition) is 1. The van der Waals surface area contributed by atoms with Crippen molar-refractivity contribution in [3.8, 4) is 5.75 Å². The van der Waals surface area contributed by atoms with Crippen LogP contribution in [0.2, 0.25) is 0 Å². The Hall–Kier alpha value is -2.07. The van der Waals surface area contributed by atoms with Crippen molar-refractivity contribution in [2.24, 2.45) is 0 Å². The van der Waals surface area contributed by atoms with Crippen LogP contribution < -0.4 is 10.1 Å². The van der Waals surface area contributed by atoms with Gasteiger partial charge in [-0.25, -0.2) is 8.42 Å². The maximum Gasteiger partial charge on any atom is 0.243 e. The maximum absolute atomic E-state index is 12.6. The average Bonchev–Trinajstić information content (AvgIpc) is 2.75. The molecule has 9 heteroatoms. The van der Waals surface area contributed by atoms with Gasteiger partial charge in [0.15, 0.2) is 0 Å². The molecule has 0 bridgehead atoms. The Balaban J connectivity index is 1.60. The topological polar surface area (TPSA) is 84.9 Å². The Morgan fingerprint density at radius 3 is 2.31 bits per heavy atom. The van der Waals surface area contributed by atoms with Crippen molar-refractivity contribution in [3.05, 3.63) is 48.5 Å². The molecule has 1 unspecified atom stereocenters. The summed E-state index contributed by atoms with van der Waals surface area (Å²) in [6, 6.07) is 13.7. The molecule has 2 aromatic rings. The molecular weight excluding hydrogens is 412 g/mol. The summed E-state index contributed by atoms with van der Waals surface area (Å²) >= 11 is 1.43. The van der Waals surface area contributed by atoms with Gasteiger partial charge >= 0.3 is 0 Å². The molecule has 1 aliphatic heterocycles. The lowest BCUT2D eigenvalue weighted by atomic mass is 10.3. The molecule has 3 rings (SSSR count). The molecule has 0 aliphatic carbocycles. The van der Waals surface area contributed by atoms with Crippen molar-refractivity contribution in [2.45, 2.75) is 22.0 Å². The number of hydrogen-bond acceptors (Lipinski definition) is 6. The number of rotatable bonds is 7. The number of nitrogens with zero attached hydrogens (tertiary/aromatic N) is 1. The second kappa shape index (κ2) is 9.62. The first-order chi connectivity index (χ1) is 13.9. The van der Waals surface area contributed by atoms with Crippen LogP contribution in [0.3, 0.4) is 0 Å². The Morgan fingerprint density at radius 1 is 1.10 bits per heavy atom. The van der Waals surface area contributed by atoms with E-state index in [-0.39, 0.29) is 16.1 Å². The molecule has 1 heterocycles. The molecule has 2 aromatic carbocycles.